The Bertz CT molecular complexity index is 827. The minimum Gasteiger partial charge on any atom is -0.497 e. The molecule has 1 amide bonds. The Kier molecular flexibility index (Phi) is 5.80. The average molecular weight is 396 g/mol. The maximum absolute atomic E-state index is 12.8. The molecule has 4 rings (SSSR count). The third kappa shape index (κ3) is 4.42. The van der Waals surface area contributed by atoms with Gasteiger partial charge in [0.15, 0.2) is 0 Å². The maximum Gasteiger partial charge on any atom is 0.253 e. The van der Waals surface area contributed by atoms with Crippen LogP contribution in [0.25, 0.3) is 0 Å². The zero-order valence-electron chi connectivity index (χ0n) is 17.1. The zero-order valence-corrected chi connectivity index (χ0v) is 17.1. The van der Waals surface area contributed by atoms with Gasteiger partial charge in [-0.05, 0) is 31.3 Å². The van der Waals surface area contributed by atoms with Gasteiger partial charge in [0.2, 0.25) is 0 Å². The van der Waals surface area contributed by atoms with Crippen LogP contribution in [0.2, 0.25) is 0 Å². The summed E-state index contributed by atoms with van der Waals surface area (Å²) in [6.45, 7) is 6.95. The zero-order chi connectivity index (χ0) is 20.2. The summed E-state index contributed by atoms with van der Waals surface area (Å²) in [7, 11) is 3.77. The van der Waals surface area contributed by atoms with E-state index in [0.717, 1.165) is 56.7 Å². The van der Waals surface area contributed by atoms with Crippen LogP contribution in [-0.4, -0.2) is 92.2 Å². The minimum absolute atomic E-state index is 0.0631. The van der Waals surface area contributed by atoms with Crippen LogP contribution in [0.1, 0.15) is 10.4 Å². The second-order valence-corrected chi connectivity index (χ2v) is 7.53. The van der Waals surface area contributed by atoms with Crippen molar-refractivity contribution in [2.45, 2.75) is 0 Å². The molecule has 1 aromatic heterocycles. The van der Waals surface area contributed by atoms with Gasteiger partial charge in [0.25, 0.3) is 5.91 Å². The van der Waals surface area contributed by atoms with Crippen molar-refractivity contribution < 1.29 is 9.53 Å². The van der Waals surface area contributed by atoms with E-state index in [-0.39, 0.29) is 5.91 Å². The smallest absolute Gasteiger partial charge is 0.253 e. The summed E-state index contributed by atoms with van der Waals surface area (Å²) in [6.07, 6.45) is 1.65. The maximum atomic E-state index is 12.8. The third-order valence-corrected chi connectivity index (χ3v) is 5.69. The number of carbonyl (C=O) groups is 1. The monoisotopic (exact) mass is 396 g/mol. The molecule has 29 heavy (non-hydrogen) atoms. The van der Waals surface area contributed by atoms with Crippen LogP contribution in [-0.2, 0) is 0 Å². The summed E-state index contributed by atoms with van der Waals surface area (Å²) in [5, 5.41) is 0. The number of likely N-dealkylation sites (N-methyl/N-ethyl adjacent to an activating group) is 1. The molecule has 2 aliphatic heterocycles. The quantitative estimate of drug-likeness (QED) is 0.769. The van der Waals surface area contributed by atoms with Crippen LogP contribution in [0.4, 0.5) is 11.6 Å². The van der Waals surface area contributed by atoms with Gasteiger partial charge in [-0.3, -0.25) is 4.79 Å². The summed E-state index contributed by atoms with van der Waals surface area (Å²) < 4.78 is 5.17. The largest absolute Gasteiger partial charge is 0.497 e. The van der Waals surface area contributed by atoms with Crippen molar-refractivity contribution >= 4 is 17.5 Å². The van der Waals surface area contributed by atoms with Gasteiger partial charge in [0.1, 0.15) is 23.7 Å². The van der Waals surface area contributed by atoms with Gasteiger partial charge in [-0.25, -0.2) is 9.97 Å². The van der Waals surface area contributed by atoms with Crippen LogP contribution in [0.15, 0.2) is 36.7 Å². The molecule has 3 heterocycles. The summed E-state index contributed by atoms with van der Waals surface area (Å²) in [5.74, 6) is 2.74. The fourth-order valence-electron chi connectivity index (χ4n) is 3.77. The molecule has 0 unspecified atom stereocenters. The Labute approximate surface area is 171 Å². The highest BCUT2D eigenvalue weighted by atomic mass is 16.5. The molecule has 0 aliphatic carbocycles. The van der Waals surface area contributed by atoms with Gasteiger partial charge in [0.05, 0.1) is 7.11 Å². The average Bonchev–Trinajstić information content (AvgIpc) is 2.79. The third-order valence-electron chi connectivity index (χ3n) is 5.69. The van der Waals surface area contributed by atoms with Crippen molar-refractivity contribution in [2.24, 2.45) is 0 Å². The Morgan fingerprint density at radius 2 is 1.41 bits per heavy atom. The van der Waals surface area contributed by atoms with E-state index in [1.807, 2.05) is 29.2 Å². The number of ether oxygens (including phenoxy) is 1. The van der Waals surface area contributed by atoms with Crippen LogP contribution in [0, 0.1) is 0 Å². The number of rotatable bonds is 4. The first-order valence-electron chi connectivity index (χ1n) is 10.1. The lowest BCUT2D eigenvalue weighted by Crippen LogP contribution is -2.49. The van der Waals surface area contributed by atoms with Gasteiger partial charge < -0.3 is 24.3 Å². The highest BCUT2D eigenvalue weighted by Crippen LogP contribution is 2.21. The number of piperazine rings is 2. The molecule has 8 heteroatoms. The normalized spacial score (nSPS) is 18.1. The van der Waals surface area contributed by atoms with Gasteiger partial charge >= 0.3 is 0 Å². The molecule has 0 atom stereocenters. The second-order valence-electron chi connectivity index (χ2n) is 7.53. The van der Waals surface area contributed by atoms with E-state index in [1.165, 1.54) is 0 Å². The summed E-state index contributed by atoms with van der Waals surface area (Å²) in [4.78, 5) is 30.5. The van der Waals surface area contributed by atoms with Crippen molar-refractivity contribution in [2.75, 3.05) is 76.3 Å². The van der Waals surface area contributed by atoms with Crippen molar-refractivity contribution in [3.8, 4) is 5.75 Å². The Balaban J connectivity index is 1.36. The number of methoxy groups -OCH3 is 1. The number of benzene rings is 1. The Morgan fingerprint density at radius 3 is 1.97 bits per heavy atom. The second kappa shape index (κ2) is 8.65. The fraction of sp³-hybridized carbons (Fsp3) is 0.476. The van der Waals surface area contributed by atoms with Crippen molar-refractivity contribution in [1.82, 2.24) is 19.8 Å². The molecule has 0 bridgehead atoms. The van der Waals surface area contributed by atoms with E-state index in [0.29, 0.717) is 18.7 Å². The van der Waals surface area contributed by atoms with Crippen LogP contribution >= 0.6 is 0 Å². The molecule has 0 saturated carbocycles. The number of anilines is 2. The fourth-order valence-corrected chi connectivity index (χ4v) is 3.77. The molecule has 0 radical (unpaired) electrons. The van der Waals surface area contributed by atoms with Gasteiger partial charge in [-0.2, -0.15) is 0 Å². The van der Waals surface area contributed by atoms with E-state index in [1.54, 1.807) is 13.4 Å². The number of carbonyl (C=O) groups excluding carboxylic acids is 1. The molecule has 2 fully saturated rings. The predicted octanol–water partition coefficient (Wildman–Crippen LogP) is 1.20. The van der Waals surface area contributed by atoms with E-state index < -0.39 is 0 Å². The number of amides is 1. The highest BCUT2D eigenvalue weighted by molar-refractivity contribution is 5.94. The molecular weight excluding hydrogens is 368 g/mol. The van der Waals surface area contributed by atoms with Crippen molar-refractivity contribution in [1.29, 1.82) is 0 Å². The molecule has 1 aromatic carbocycles. The van der Waals surface area contributed by atoms with Crippen LogP contribution in [0.5, 0.6) is 5.75 Å². The van der Waals surface area contributed by atoms with Gasteiger partial charge in [-0.1, -0.05) is 0 Å². The summed E-state index contributed by atoms with van der Waals surface area (Å²) >= 11 is 0. The first kappa shape index (κ1) is 19.4. The molecule has 8 nitrogen and oxygen atoms in total. The number of nitrogens with zero attached hydrogens (tertiary/aromatic N) is 6. The topological polar surface area (TPSA) is 65.0 Å². The molecular formula is C21H28N6O2. The summed E-state index contributed by atoms with van der Waals surface area (Å²) in [6, 6.07) is 9.36. The Hall–Kier alpha value is -2.87. The first-order chi connectivity index (χ1) is 14.1. The minimum atomic E-state index is 0.0631. The van der Waals surface area contributed by atoms with Gasteiger partial charge in [0, 0.05) is 64.0 Å². The standard InChI is InChI=1S/C21H28N6O2/c1-24-7-9-25(10-8-24)19-15-20(23-16-22-19)26-11-13-27(14-12-26)21(28)17-3-5-18(29-2)6-4-17/h3-6,15-16H,7-14H2,1-2H3. The number of aromatic nitrogens is 2. The van der Waals surface area contributed by atoms with Crippen molar-refractivity contribution in [3.05, 3.63) is 42.2 Å². The number of hydrogen-bond acceptors (Lipinski definition) is 7. The summed E-state index contributed by atoms with van der Waals surface area (Å²) in [5.41, 5.74) is 0.693. The predicted molar refractivity (Wildman–Crippen MR) is 113 cm³/mol. The molecule has 2 saturated heterocycles. The van der Waals surface area contributed by atoms with E-state index in [4.69, 9.17) is 4.74 Å². The van der Waals surface area contributed by atoms with Gasteiger partial charge in [-0.15, -0.1) is 0 Å². The molecule has 0 spiro atoms. The first-order valence-corrected chi connectivity index (χ1v) is 10.1. The molecule has 0 N–H and O–H groups in total. The molecule has 2 aromatic rings. The molecule has 2 aliphatic rings. The van der Waals surface area contributed by atoms with E-state index in [2.05, 4.69) is 37.8 Å². The Morgan fingerprint density at radius 1 is 0.862 bits per heavy atom. The van der Waals surface area contributed by atoms with Crippen molar-refractivity contribution in [3.63, 3.8) is 0 Å². The van der Waals surface area contributed by atoms with E-state index in [9.17, 15) is 4.79 Å². The lowest BCUT2D eigenvalue weighted by molar-refractivity contribution is 0.0746. The van der Waals surface area contributed by atoms with E-state index >= 15 is 0 Å². The number of hydrogen-bond donors (Lipinski definition) is 0. The lowest BCUT2D eigenvalue weighted by atomic mass is 10.1. The molecule has 154 valence electrons. The van der Waals surface area contributed by atoms with Crippen LogP contribution in [0.3, 0.4) is 0 Å². The lowest BCUT2D eigenvalue weighted by Gasteiger charge is -2.36. The SMILES string of the molecule is COc1ccc(C(=O)N2CCN(c3cc(N4CCN(C)CC4)ncn3)CC2)cc1. The van der Waals surface area contributed by atoms with Crippen LogP contribution < -0.4 is 14.5 Å². The highest BCUT2D eigenvalue weighted by Gasteiger charge is 2.24.